The molecule has 5 N–H and O–H groups in total. The Morgan fingerprint density at radius 3 is 1.71 bits per heavy atom. The molecular weight excluding hydrogens is 1000 g/mol. The van der Waals surface area contributed by atoms with E-state index in [9.17, 15) is 64.9 Å². The lowest BCUT2D eigenvalue weighted by atomic mass is 10.1. The highest BCUT2D eigenvalue weighted by atomic mass is 32.2. The standard InChI is InChI=1S/C41H28N8O15S5/c1-22-16-34(46-45-33-15-10-25-17-28(65(50,51)52)13-14-29(25)40(33)49(45)46)39(69(62,63)64)20-32(22)43-42-26-11-8-23(36(18-26)66(53,54)55)6-7-24-9-12-27(19-37(24)67(56,57)58)44-47-35-21-38(68(59,60)61)30-4-2-3-5-31(30)41(35)48(44)47/h2-21H,1H3,(H,50,51,52)(H,53,54,55)(H,56,57,58)(H,59,60,61)(H,62,63,64)/b7-6-,43-42?. The topological polar surface area (TPSA) is 324 Å². The van der Waals surface area contributed by atoms with E-state index < -0.39 is 65.3 Å². The van der Waals surface area contributed by atoms with Gasteiger partial charge in [0.15, 0.2) is 0 Å². The lowest BCUT2D eigenvalue weighted by Gasteiger charge is -2.08. The zero-order valence-electron chi connectivity index (χ0n) is 34.5. The summed E-state index contributed by atoms with van der Waals surface area (Å²) in [5.41, 5.74) is 2.26. The number of fused-ring (bicyclic) bond motifs is 12. The lowest BCUT2D eigenvalue weighted by molar-refractivity contribution is 0.480. The first-order valence-electron chi connectivity index (χ1n) is 19.6. The summed E-state index contributed by atoms with van der Waals surface area (Å²) < 4.78 is 181. The van der Waals surface area contributed by atoms with E-state index >= 15 is 0 Å². The van der Waals surface area contributed by atoms with Crippen molar-refractivity contribution < 1.29 is 64.9 Å². The molecule has 23 nitrogen and oxygen atoms in total. The van der Waals surface area contributed by atoms with Crippen molar-refractivity contribution in [3.05, 3.63) is 126 Å². The molecule has 0 saturated carbocycles. The number of benzene rings is 7. The number of aryl methyl sites for hydroxylation is 1. The smallest absolute Gasteiger partial charge is 0.282 e. The number of rotatable bonds is 11. The summed E-state index contributed by atoms with van der Waals surface area (Å²) >= 11 is 0. The number of hydrogen-bond donors (Lipinski definition) is 5. The van der Waals surface area contributed by atoms with Crippen LogP contribution in [0.25, 0.3) is 67.1 Å². The first kappa shape index (κ1) is 44.3. The van der Waals surface area contributed by atoms with Crippen molar-refractivity contribution in [1.29, 1.82) is 0 Å². The molecule has 0 aliphatic heterocycles. The van der Waals surface area contributed by atoms with Crippen molar-refractivity contribution in [2.45, 2.75) is 31.4 Å². The van der Waals surface area contributed by atoms with E-state index in [4.69, 9.17) is 0 Å². The molecular formula is C41H28N8O15S5. The maximum atomic E-state index is 12.8. The highest BCUT2D eigenvalue weighted by molar-refractivity contribution is 7.87. The zero-order valence-corrected chi connectivity index (χ0v) is 38.6. The second kappa shape index (κ2) is 14.4. The first-order valence-corrected chi connectivity index (χ1v) is 26.8. The van der Waals surface area contributed by atoms with Crippen LogP contribution >= 0.6 is 0 Å². The second-order valence-corrected chi connectivity index (χ2v) is 22.8. The largest absolute Gasteiger partial charge is 0.296 e. The molecule has 0 aliphatic rings. The van der Waals surface area contributed by atoms with Gasteiger partial charge in [0.1, 0.15) is 47.3 Å². The average molecular weight is 1030 g/mol. The number of azo groups is 1. The molecule has 352 valence electrons. The predicted octanol–water partition coefficient (Wildman–Crippen LogP) is 6.59. The molecule has 28 heteroatoms. The van der Waals surface area contributed by atoms with Crippen LogP contribution in [0.1, 0.15) is 16.7 Å². The van der Waals surface area contributed by atoms with E-state index in [2.05, 4.69) is 10.2 Å². The highest BCUT2D eigenvalue weighted by Gasteiger charge is 2.33. The fraction of sp³-hybridized carbons (Fsp3) is 0.0244. The fourth-order valence-electron chi connectivity index (χ4n) is 8.45. The van der Waals surface area contributed by atoms with Crippen LogP contribution in [0.4, 0.5) is 11.4 Å². The van der Waals surface area contributed by atoms with E-state index in [1.165, 1.54) is 81.0 Å². The number of nitrogens with zero attached hydrogens (tertiary/aromatic N) is 8. The third-order valence-corrected chi connectivity index (χ3v) is 16.0. The summed E-state index contributed by atoms with van der Waals surface area (Å²) in [7, 11) is -24.0. The molecule has 4 aromatic heterocycles. The molecule has 0 spiro atoms. The summed E-state index contributed by atoms with van der Waals surface area (Å²) in [5.74, 6) is 0. The summed E-state index contributed by atoms with van der Waals surface area (Å²) in [6.45, 7) is 1.57. The minimum Gasteiger partial charge on any atom is -0.282 e. The molecule has 4 heterocycles. The Balaban J connectivity index is 0.908. The maximum absolute atomic E-state index is 12.8. The van der Waals surface area contributed by atoms with E-state index in [0.29, 0.717) is 43.8 Å². The van der Waals surface area contributed by atoms with Gasteiger partial charge in [-0.1, -0.05) is 60.7 Å². The third kappa shape index (κ3) is 7.11. The van der Waals surface area contributed by atoms with Gasteiger partial charge in [-0.15, -0.1) is 23.3 Å². The van der Waals surface area contributed by atoms with E-state index in [1.807, 2.05) is 0 Å². The van der Waals surface area contributed by atoms with Crippen LogP contribution < -0.4 is 0 Å². The van der Waals surface area contributed by atoms with Crippen LogP contribution in [0, 0.1) is 6.92 Å². The summed E-state index contributed by atoms with van der Waals surface area (Å²) in [4.78, 5) is 0.401. The van der Waals surface area contributed by atoms with Crippen LogP contribution in [0.3, 0.4) is 0 Å². The molecule has 0 aliphatic carbocycles. The van der Waals surface area contributed by atoms with Gasteiger partial charge < -0.3 is 0 Å². The molecule has 0 saturated heterocycles. The predicted molar refractivity (Wildman–Crippen MR) is 246 cm³/mol. The fourth-order valence-corrected chi connectivity index (χ4v) is 11.8. The summed E-state index contributed by atoms with van der Waals surface area (Å²) in [6.07, 6.45) is 2.33. The molecule has 69 heavy (non-hydrogen) atoms. The van der Waals surface area contributed by atoms with Crippen molar-refractivity contribution in [3.63, 3.8) is 0 Å². The van der Waals surface area contributed by atoms with Gasteiger partial charge in [-0.3, -0.25) is 22.8 Å². The molecule has 11 rings (SSSR count). The Labute approximate surface area is 387 Å². The van der Waals surface area contributed by atoms with Gasteiger partial charge in [0, 0.05) is 16.2 Å². The molecule has 0 atom stereocenters. The Bertz CT molecular complexity index is 4710. The van der Waals surface area contributed by atoms with Crippen molar-refractivity contribution >= 4 is 118 Å². The first-order chi connectivity index (χ1) is 32.3. The normalized spacial score (nSPS) is 13.8. The lowest BCUT2D eigenvalue weighted by Crippen LogP contribution is -2.04. The minimum atomic E-state index is -5.00. The molecule has 0 amide bonds. The third-order valence-electron chi connectivity index (χ3n) is 11.6. The van der Waals surface area contributed by atoms with Gasteiger partial charge in [0.05, 0.1) is 22.0 Å². The molecule has 11 aromatic rings. The van der Waals surface area contributed by atoms with Crippen LogP contribution in [-0.2, 0) is 50.6 Å². The Morgan fingerprint density at radius 1 is 0.464 bits per heavy atom. The average Bonchev–Trinajstić information content (AvgIpc) is 4.12. The van der Waals surface area contributed by atoms with Gasteiger partial charge in [0.2, 0.25) is 0 Å². The summed E-state index contributed by atoms with van der Waals surface area (Å²) in [6, 6.07) is 24.8. The molecule has 0 radical (unpaired) electrons. The van der Waals surface area contributed by atoms with Crippen LogP contribution in [-0.4, -0.2) is 93.0 Å². The Kier molecular flexibility index (Phi) is 9.23. The van der Waals surface area contributed by atoms with Crippen molar-refractivity contribution in [3.8, 4) is 11.4 Å². The summed E-state index contributed by atoms with van der Waals surface area (Å²) in [5, 5.41) is 9.94. The van der Waals surface area contributed by atoms with Gasteiger partial charge in [0.25, 0.3) is 50.6 Å². The van der Waals surface area contributed by atoms with Gasteiger partial charge >= 0.3 is 0 Å². The van der Waals surface area contributed by atoms with E-state index in [0.717, 1.165) is 24.3 Å². The molecule has 7 aromatic carbocycles. The Hall–Kier alpha value is -7.25. The van der Waals surface area contributed by atoms with E-state index in [1.54, 1.807) is 51.1 Å². The van der Waals surface area contributed by atoms with Crippen molar-refractivity contribution in [2.75, 3.05) is 0 Å². The van der Waals surface area contributed by atoms with Crippen LogP contribution in [0.2, 0.25) is 0 Å². The van der Waals surface area contributed by atoms with Gasteiger partial charge in [-0.2, -0.15) is 57.1 Å². The van der Waals surface area contributed by atoms with Crippen molar-refractivity contribution in [1.82, 2.24) is 28.1 Å². The van der Waals surface area contributed by atoms with E-state index in [-0.39, 0.29) is 49.1 Å². The van der Waals surface area contributed by atoms with Gasteiger partial charge in [-0.25, -0.2) is 0 Å². The van der Waals surface area contributed by atoms with Crippen LogP contribution in [0.15, 0.2) is 144 Å². The van der Waals surface area contributed by atoms with Gasteiger partial charge in [-0.05, 0) is 89.7 Å². The zero-order chi connectivity index (χ0) is 49.1. The SMILES string of the molecule is Cc1cc(-n2n3c4ccc5cc(S(=O)(=O)O)ccc5c4n23)c(S(=O)(=O)O)cc1N=Nc1ccc(/C=C\c2ccc(-n3n4c5cc(S(=O)(=O)O)c6ccccc6c5n34)cc2S(=O)(=O)O)c(S(=O)(=O)O)c1. The minimum absolute atomic E-state index is 0.00771. The molecule has 0 bridgehead atoms. The molecule has 0 unspecified atom stereocenters. The van der Waals surface area contributed by atoms with Crippen molar-refractivity contribution in [2.24, 2.45) is 10.2 Å². The number of aromatic nitrogens is 6. The monoisotopic (exact) mass is 1030 g/mol. The second-order valence-electron chi connectivity index (χ2n) is 15.8. The highest BCUT2D eigenvalue weighted by Crippen LogP contribution is 2.39. The maximum Gasteiger partial charge on any atom is 0.296 e. The van der Waals surface area contributed by atoms with Crippen LogP contribution in [0.5, 0.6) is 0 Å². The molecule has 0 fully saturated rings. The quantitative estimate of drug-likeness (QED) is 0.0518. The Morgan fingerprint density at radius 2 is 1.06 bits per heavy atom. The number of hydrogen-bond acceptors (Lipinski definition) is 12.